The maximum absolute atomic E-state index is 2.38. The Kier molecular flexibility index (Phi) is 0.987. The summed E-state index contributed by atoms with van der Waals surface area (Å²) in [6, 6.07) is 0. The molecule has 3 rings (SSSR count). The fourth-order valence-electron chi connectivity index (χ4n) is 3.74. The van der Waals surface area contributed by atoms with E-state index in [4.69, 9.17) is 0 Å². The summed E-state index contributed by atoms with van der Waals surface area (Å²) in [6.45, 7) is 4.57. The Labute approximate surface area is 68.7 Å². The van der Waals surface area contributed by atoms with Crippen LogP contribution in [-0.2, 0) is 0 Å². The van der Waals surface area contributed by atoms with Crippen molar-refractivity contribution in [2.24, 2.45) is 29.6 Å². The fraction of sp³-hybridized carbons (Fsp3) is 0.818. The predicted molar refractivity (Wildman–Crippen MR) is 46.1 cm³/mol. The van der Waals surface area contributed by atoms with Crippen LogP contribution >= 0.6 is 0 Å². The van der Waals surface area contributed by atoms with E-state index in [0.29, 0.717) is 0 Å². The van der Waals surface area contributed by atoms with E-state index >= 15 is 0 Å². The third-order valence-corrected chi connectivity index (χ3v) is 4.39. The van der Waals surface area contributed by atoms with Gasteiger partial charge in [-0.25, -0.2) is 0 Å². The molecule has 0 N–H and O–H groups in total. The SMILES string of the molecule is CC=C1C2C3CC(CC)C3C12. The summed E-state index contributed by atoms with van der Waals surface area (Å²) in [7, 11) is 0. The number of rotatable bonds is 1. The van der Waals surface area contributed by atoms with Crippen molar-refractivity contribution in [3.63, 3.8) is 0 Å². The summed E-state index contributed by atoms with van der Waals surface area (Å²) in [5.41, 5.74) is 1.82. The fourth-order valence-corrected chi connectivity index (χ4v) is 3.74. The lowest BCUT2D eigenvalue weighted by Gasteiger charge is -2.52. The Hall–Kier alpha value is -0.260. The lowest BCUT2D eigenvalue weighted by atomic mass is 9.53. The first-order chi connectivity index (χ1) is 5.38. The highest BCUT2D eigenvalue weighted by atomic mass is 14.7. The minimum absolute atomic E-state index is 1.09. The molecule has 3 saturated carbocycles. The zero-order valence-electron chi connectivity index (χ0n) is 7.38. The van der Waals surface area contributed by atoms with Crippen molar-refractivity contribution in [2.75, 3.05) is 0 Å². The molecular weight excluding hydrogens is 132 g/mol. The molecule has 3 fully saturated rings. The van der Waals surface area contributed by atoms with Crippen LogP contribution < -0.4 is 0 Å². The van der Waals surface area contributed by atoms with Crippen LogP contribution in [0.15, 0.2) is 11.6 Å². The lowest BCUT2D eigenvalue weighted by molar-refractivity contribution is -0.0408. The number of hydrogen-bond acceptors (Lipinski definition) is 0. The maximum atomic E-state index is 2.38. The van der Waals surface area contributed by atoms with Gasteiger partial charge in [-0.2, -0.15) is 0 Å². The van der Waals surface area contributed by atoms with E-state index in [1.165, 1.54) is 6.42 Å². The van der Waals surface area contributed by atoms with Gasteiger partial charge in [-0.05, 0) is 42.9 Å². The van der Waals surface area contributed by atoms with Crippen molar-refractivity contribution in [2.45, 2.75) is 26.7 Å². The Morgan fingerprint density at radius 1 is 1.45 bits per heavy atom. The lowest BCUT2D eigenvalue weighted by Crippen LogP contribution is -2.46. The van der Waals surface area contributed by atoms with Crippen molar-refractivity contribution in [1.82, 2.24) is 0 Å². The average Bonchev–Trinajstić information content (AvgIpc) is 2.58. The molecule has 0 bridgehead atoms. The van der Waals surface area contributed by atoms with Gasteiger partial charge >= 0.3 is 0 Å². The molecule has 11 heavy (non-hydrogen) atoms. The highest BCUT2D eigenvalue weighted by molar-refractivity contribution is 5.42. The summed E-state index contributed by atoms with van der Waals surface area (Å²) in [5.74, 6) is 5.59. The van der Waals surface area contributed by atoms with Gasteiger partial charge in [0.1, 0.15) is 0 Å². The van der Waals surface area contributed by atoms with Crippen LogP contribution in [0.1, 0.15) is 26.7 Å². The Bertz CT molecular complexity index is 226. The summed E-state index contributed by atoms with van der Waals surface area (Å²) in [6.07, 6.45) is 5.36. The van der Waals surface area contributed by atoms with Crippen molar-refractivity contribution in [1.29, 1.82) is 0 Å². The number of allylic oxidation sites excluding steroid dienone is 2. The number of hydrogen-bond donors (Lipinski definition) is 0. The molecule has 0 spiro atoms. The van der Waals surface area contributed by atoms with Crippen LogP contribution in [-0.4, -0.2) is 0 Å². The first-order valence-electron chi connectivity index (χ1n) is 5.04. The molecule has 0 saturated heterocycles. The third-order valence-electron chi connectivity index (χ3n) is 4.39. The average molecular weight is 148 g/mol. The van der Waals surface area contributed by atoms with Gasteiger partial charge in [0, 0.05) is 0 Å². The molecular formula is C11H16. The van der Waals surface area contributed by atoms with Gasteiger partial charge in [0.2, 0.25) is 0 Å². The van der Waals surface area contributed by atoms with Crippen LogP contribution in [0, 0.1) is 29.6 Å². The van der Waals surface area contributed by atoms with E-state index in [9.17, 15) is 0 Å². The normalized spacial score (nSPS) is 60.9. The molecule has 0 amide bonds. The Morgan fingerprint density at radius 3 is 2.91 bits per heavy atom. The first kappa shape index (κ1) is 6.28. The van der Waals surface area contributed by atoms with E-state index in [2.05, 4.69) is 19.9 Å². The number of fused-ring (bicyclic) bond motifs is 4. The molecule has 0 heterocycles. The summed E-state index contributed by atoms with van der Waals surface area (Å²) in [5, 5.41) is 0. The maximum Gasteiger partial charge on any atom is -0.00979 e. The van der Waals surface area contributed by atoms with Crippen molar-refractivity contribution in [3.8, 4) is 0 Å². The van der Waals surface area contributed by atoms with Gasteiger partial charge < -0.3 is 0 Å². The van der Waals surface area contributed by atoms with Gasteiger partial charge in [-0.1, -0.05) is 25.0 Å². The van der Waals surface area contributed by atoms with Crippen LogP contribution in [0.2, 0.25) is 0 Å². The molecule has 3 aliphatic carbocycles. The highest BCUT2D eigenvalue weighted by Crippen LogP contribution is 2.77. The molecule has 0 aromatic rings. The van der Waals surface area contributed by atoms with Gasteiger partial charge in [-0.15, -0.1) is 0 Å². The zero-order chi connectivity index (χ0) is 7.59. The molecule has 0 aliphatic heterocycles. The summed E-state index contributed by atoms with van der Waals surface area (Å²) < 4.78 is 0. The zero-order valence-corrected chi connectivity index (χ0v) is 7.38. The van der Waals surface area contributed by atoms with Crippen molar-refractivity contribution in [3.05, 3.63) is 11.6 Å². The highest BCUT2D eigenvalue weighted by Gasteiger charge is 2.71. The molecule has 60 valence electrons. The van der Waals surface area contributed by atoms with Gasteiger partial charge in [-0.3, -0.25) is 0 Å². The monoisotopic (exact) mass is 148 g/mol. The van der Waals surface area contributed by atoms with Crippen LogP contribution in [0.3, 0.4) is 0 Å². The van der Waals surface area contributed by atoms with E-state index in [-0.39, 0.29) is 0 Å². The summed E-state index contributed by atoms with van der Waals surface area (Å²) >= 11 is 0. The van der Waals surface area contributed by atoms with Gasteiger partial charge in [0.25, 0.3) is 0 Å². The molecule has 3 aliphatic rings. The van der Waals surface area contributed by atoms with Crippen molar-refractivity contribution >= 4 is 0 Å². The molecule has 0 radical (unpaired) electrons. The van der Waals surface area contributed by atoms with E-state index < -0.39 is 0 Å². The van der Waals surface area contributed by atoms with Crippen LogP contribution in [0.25, 0.3) is 0 Å². The second-order valence-electron chi connectivity index (χ2n) is 4.49. The van der Waals surface area contributed by atoms with Gasteiger partial charge in [0.15, 0.2) is 0 Å². The van der Waals surface area contributed by atoms with Crippen molar-refractivity contribution < 1.29 is 0 Å². The first-order valence-corrected chi connectivity index (χ1v) is 5.04. The molecule has 0 nitrogen and oxygen atoms in total. The predicted octanol–water partition coefficient (Wildman–Crippen LogP) is 2.85. The molecule has 5 unspecified atom stereocenters. The molecule has 0 aromatic heterocycles. The van der Waals surface area contributed by atoms with E-state index in [1.54, 1.807) is 6.42 Å². The molecule has 0 aromatic carbocycles. The smallest absolute Gasteiger partial charge is 0.00979 e. The second-order valence-corrected chi connectivity index (χ2v) is 4.49. The quantitative estimate of drug-likeness (QED) is 0.502. The Balaban J connectivity index is 1.78. The Morgan fingerprint density at radius 2 is 2.27 bits per heavy atom. The second kappa shape index (κ2) is 1.73. The minimum Gasteiger partial charge on any atom is -0.0878 e. The third kappa shape index (κ3) is 0.513. The van der Waals surface area contributed by atoms with Crippen LogP contribution in [0.4, 0.5) is 0 Å². The molecule has 5 atom stereocenters. The van der Waals surface area contributed by atoms with E-state index in [1.807, 2.05) is 5.57 Å². The topological polar surface area (TPSA) is 0 Å². The largest absolute Gasteiger partial charge is 0.0878 e. The van der Waals surface area contributed by atoms with Gasteiger partial charge in [0.05, 0.1) is 0 Å². The standard InChI is InChI=1S/C11H16/c1-3-6-5-8-9(6)11-7(4-2)10(8)11/h4,6,8-11H,3,5H2,1-2H3. The van der Waals surface area contributed by atoms with Crippen LogP contribution in [0.5, 0.6) is 0 Å². The minimum atomic E-state index is 1.09. The summed E-state index contributed by atoms with van der Waals surface area (Å²) in [4.78, 5) is 0. The molecule has 0 heteroatoms. The van der Waals surface area contributed by atoms with E-state index in [0.717, 1.165) is 29.6 Å².